The van der Waals surface area contributed by atoms with Crippen LogP contribution < -0.4 is 4.57 Å². The second kappa shape index (κ2) is 3.70. The van der Waals surface area contributed by atoms with E-state index in [1.54, 1.807) is 0 Å². The minimum absolute atomic E-state index is 1.02. The Kier molecular flexibility index (Phi) is 2.55. The molecule has 0 bridgehead atoms. The second-order valence-corrected chi connectivity index (χ2v) is 4.34. The Morgan fingerprint density at radius 1 is 1.21 bits per heavy atom. The van der Waals surface area contributed by atoms with Gasteiger partial charge in [0.15, 0.2) is 5.69 Å². The van der Waals surface area contributed by atoms with Gasteiger partial charge >= 0.3 is 0 Å². The Bertz CT molecular complexity index is 477. The third-order valence-corrected chi connectivity index (χ3v) is 3.02. The lowest BCUT2D eigenvalue weighted by Gasteiger charge is -2.02. The van der Waals surface area contributed by atoms with E-state index in [4.69, 9.17) is 0 Å². The van der Waals surface area contributed by atoms with Gasteiger partial charge in [-0.15, -0.1) is 0 Å². The maximum Gasteiger partial charge on any atom is 0.212 e. The van der Waals surface area contributed by atoms with Gasteiger partial charge in [-0.05, 0) is 25.1 Å². The zero-order chi connectivity index (χ0) is 10.1. The molecule has 0 aliphatic rings. The fraction of sp³-hybridized carbons (Fsp3) is 0.250. The van der Waals surface area contributed by atoms with Crippen LogP contribution in [0.3, 0.4) is 0 Å². The van der Waals surface area contributed by atoms with Gasteiger partial charge in [-0.1, -0.05) is 15.9 Å². The summed E-state index contributed by atoms with van der Waals surface area (Å²) in [5.41, 5.74) is 2.61. The highest BCUT2D eigenvalue weighted by molar-refractivity contribution is 9.10. The average molecular weight is 251 g/mol. The van der Waals surface area contributed by atoms with Crippen LogP contribution in [0.2, 0.25) is 0 Å². The lowest BCUT2D eigenvalue weighted by Crippen LogP contribution is -2.36. The highest BCUT2D eigenvalue weighted by atomic mass is 79.9. The van der Waals surface area contributed by atoms with Gasteiger partial charge in [-0.2, -0.15) is 4.57 Å². The molecule has 0 aliphatic heterocycles. The number of pyridine rings is 1. The molecule has 14 heavy (non-hydrogen) atoms. The molecule has 0 atom stereocenters. The van der Waals surface area contributed by atoms with Crippen molar-refractivity contribution in [3.8, 4) is 0 Å². The van der Waals surface area contributed by atoms with Crippen LogP contribution in [-0.4, -0.2) is 0 Å². The van der Waals surface area contributed by atoms with Crippen LogP contribution in [0.4, 0.5) is 0 Å². The molecule has 0 radical (unpaired) electrons. The molecule has 0 amide bonds. The molecular formula is C12H13BrN+. The van der Waals surface area contributed by atoms with Crippen LogP contribution in [0, 0.1) is 6.92 Å². The predicted octanol–water partition coefficient (Wildman–Crippen LogP) is 3.22. The molecule has 0 unspecified atom stereocenters. The van der Waals surface area contributed by atoms with Crippen LogP contribution in [0.5, 0.6) is 0 Å². The van der Waals surface area contributed by atoms with Crippen molar-refractivity contribution in [3.05, 3.63) is 40.5 Å². The molecule has 1 aromatic carbocycles. The Hall–Kier alpha value is -0.890. The first-order valence-electron chi connectivity index (χ1n) is 4.81. The highest BCUT2D eigenvalue weighted by Crippen LogP contribution is 2.17. The number of aromatic nitrogens is 1. The molecule has 0 saturated carbocycles. The van der Waals surface area contributed by atoms with Gasteiger partial charge in [0, 0.05) is 28.9 Å². The van der Waals surface area contributed by atoms with Crippen molar-refractivity contribution in [1.29, 1.82) is 0 Å². The molecule has 0 fully saturated rings. The first-order valence-corrected chi connectivity index (χ1v) is 5.60. The third kappa shape index (κ3) is 1.55. The zero-order valence-electron chi connectivity index (χ0n) is 8.42. The van der Waals surface area contributed by atoms with E-state index in [-0.39, 0.29) is 0 Å². The van der Waals surface area contributed by atoms with Crippen LogP contribution in [0.1, 0.15) is 12.6 Å². The molecule has 2 aromatic rings. The lowest BCUT2D eigenvalue weighted by molar-refractivity contribution is -0.673. The van der Waals surface area contributed by atoms with Gasteiger partial charge in [-0.25, -0.2) is 0 Å². The number of benzene rings is 1. The standard InChI is InChI=1S/C12H13BrN/c1-3-14-9(2)4-5-10-8-11(13)6-7-12(10)14/h4-8H,3H2,1-2H3/q+1. The van der Waals surface area contributed by atoms with Crippen LogP contribution >= 0.6 is 15.9 Å². The van der Waals surface area contributed by atoms with Gasteiger partial charge in [0.2, 0.25) is 5.52 Å². The second-order valence-electron chi connectivity index (χ2n) is 3.42. The number of hydrogen-bond acceptors (Lipinski definition) is 0. The monoisotopic (exact) mass is 250 g/mol. The Labute approximate surface area is 92.5 Å². The Morgan fingerprint density at radius 2 is 2.00 bits per heavy atom. The van der Waals surface area contributed by atoms with Crippen molar-refractivity contribution < 1.29 is 4.57 Å². The molecule has 0 aliphatic carbocycles. The molecular weight excluding hydrogens is 238 g/mol. The molecule has 72 valence electrons. The number of rotatable bonds is 1. The van der Waals surface area contributed by atoms with E-state index in [1.165, 1.54) is 16.6 Å². The first kappa shape index (κ1) is 9.66. The van der Waals surface area contributed by atoms with Crippen molar-refractivity contribution in [2.45, 2.75) is 20.4 Å². The minimum Gasteiger partial charge on any atom is -0.196 e. The number of hydrogen-bond donors (Lipinski definition) is 0. The molecule has 1 aromatic heterocycles. The lowest BCUT2D eigenvalue weighted by atomic mass is 10.2. The summed E-state index contributed by atoms with van der Waals surface area (Å²) in [6.07, 6.45) is 0. The van der Waals surface area contributed by atoms with E-state index in [1.807, 2.05) is 0 Å². The van der Waals surface area contributed by atoms with E-state index < -0.39 is 0 Å². The van der Waals surface area contributed by atoms with Gasteiger partial charge < -0.3 is 0 Å². The SMILES string of the molecule is CC[n+]1c(C)ccc2cc(Br)ccc21. The number of aryl methyl sites for hydroxylation is 2. The summed E-state index contributed by atoms with van der Waals surface area (Å²) in [5, 5.41) is 1.28. The van der Waals surface area contributed by atoms with E-state index in [0.29, 0.717) is 0 Å². The molecule has 0 saturated heterocycles. The summed E-state index contributed by atoms with van der Waals surface area (Å²) in [7, 11) is 0. The summed E-state index contributed by atoms with van der Waals surface area (Å²) in [6.45, 7) is 5.34. The Morgan fingerprint density at radius 3 is 2.71 bits per heavy atom. The number of halogens is 1. The maximum absolute atomic E-state index is 3.49. The molecule has 1 nitrogen and oxygen atoms in total. The van der Waals surface area contributed by atoms with Crippen molar-refractivity contribution in [3.63, 3.8) is 0 Å². The zero-order valence-corrected chi connectivity index (χ0v) is 10.0. The van der Waals surface area contributed by atoms with Gasteiger partial charge in [0.05, 0.1) is 0 Å². The summed E-state index contributed by atoms with van der Waals surface area (Å²) in [6, 6.07) is 10.7. The van der Waals surface area contributed by atoms with Gasteiger partial charge in [-0.3, -0.25) is 0 Å². The van der Waals surface area contributed by atoms with Crippen molar-refractivity contribution in [2.24, 2.45) is 0 Å². The van der Waals surface area contributed by atoms with Gasteiger partial charge in [0.1, 0.15) is 6.54 Å². The summed E-state index contributed by atoms with van der Waals surface area (Å²) < 4.78 is 3.46. The fourth-order valence-corrected chi connectivity index (χ4v) is 2.19. The highest BCUT2D eigenvalue weighted by Gasteiger charge is 2.09. The molecule has 0 spiro atoms. The summed E-state index contributed by atoms with van der Waals surface area (Å²) >= 11 is 3.49. The first-order chi connectivity index (χ1) is 6.72. The summed E-state index contributed by atoms with van der Waals surface area (Å²) in [4.78, 5) is 0. The topological polar surface area (TPSA) is 3.88 Å². The van der Waals surface area contributed by atoms with E-state index in [9.17, 15) is 0 Å². The van der Waals surface area contributed by atoms with Crippen molar-refractivity contribution in [2.75, 3.05) is 0 Å². The van der Waals surface area contributed by atoms with Crippen LogP contribution in [-0.2, 0) is 6.54 Å². The predicted molar refractivity (Wildman–Crippen MR) is 62.3 cm³/mol. The number of fused-ring (bicyclic) bond motifs is 1. The van der Waals surface area contributed by atoms with E-state index >= 15 is 0 Å². The number of nitrogens with zero attached hydrogens (tertiary/aromatic N) is 1. The van der Waals surface area contributed by atoms with E-state index in [0.717, 1.165) is 11.0 Å². The Balaban J connectivity index is 2.82. The smallest absolute Gasteiger partial charge is 0.196 e. The molecule has 0 N–H and O–H groups in total. The van der Waals surface area contributed by atoms with Crippen LogP contribution in [0.15, 0.2) is 34.8 Å². The quantitative estimate of drug-likeness (QED) is 0.685. The molecule has 2 heteroatoms. The minimum atomic E-state index is 1.02. The maximum atomic E-state index is 3.49. The van der Waals surface area contributed by atoms with Crippen LogP contribution in [0.25, 0.3) is 10.9 Å². The van der Waals surface area contributed by atoms with Gasteiger partial charge in [0.25, 0.3) is 0 Å². The average Bonchev–Trinajstić information content (AvgIpc) is 2.18. The summed E-state index contributed by atoms with van der Waals surface area (Å²) in [5.74, 6) is 0. The molecule has 2 rings (SSSR count). The normalized spacial score (nSPS) is 10.8. The van der Waals surface area contributed by atoms with Crippen molar-refractivity contribution >= 4 is 26.8 Å². The van der Waals surface area contributed by atoms with Crippen molar-refractivity contribution in [1.82, 2.24) is 0 Å². The fourth-order valence-electron chi connectivity index (χ4n) is 1.81. The third-order valence-electron chi connectivity index (χ3n) is 2.53. The largest absolute Gasteiger partial charge is 0.212 e. The molecule has 1 heterocycles. The van der Waals surface area contributed by atoms with E-state index in [2.05, 4.69) is 64.7 Å².